The van der Waals surface area contributed by atoms with E-state index >= 15 is 0 Å². The van der Waals surface area contributed by atoms with Gasteiger partial charge in [0, 0.05) is 13.6 Å². The van der Waals surface area contributed by atoms with E-state index in [1.165, 1.54) is 20.2 Å². The molecular formula is C18H22N2O4S. The first kappa shape index (κ1) is 19.0. The Kier molecular flexibility index (Phi) is 6.17. The Hall–Kier alpha value is -2.38. The molecule has 0 fully saturated rings. The van der Waals surface area contributed by atoms with Crippen molar-refractivity contribution in [1.29, 1.82) is 0 Å². The second kappa shape index (κ2) is 8.13. The van der Waals surface area contributed by atoms with Gasteiger partial charge in [-0.3, -0.25) is 4.79 Å². The summed E-state index contributed by atoms with van der Waals surface area (Å²) in [7, 11) is -1.05. The van der Waals surface area contributed by atoms with E-state index in [0.29, 0.717) is 6.54 Å². The molecule has 0 saturated heterocycles. The first-order valence-corrected chi connectivity index (χ1v) is 9.20. The van der Waals surface area contributed by atoms with Gasteiger partial charge < -0.3 is 10.1 Å². The summed E-state index contributed by atoms with van der Waals surface area (Å²) < 4.78 is 31.6. The molecule has 0 aliphatic heterocycles. The minimum absolute atomic E-state index is 0.0494. The van der Waals surface area contributed by atoms with E-state index < -0.39 is 10.0 Å². The SMILES string of the molecule is COc1ccc(C)cc1S(=O)(=O)N(C)CC(=O)NCc1ccccc1. The smallest absolute Gasteiger partial charge is 0.246 e. The molecule has 134 valence electrons. The number of rotatable bonds is 7. The van der Waals surface area contributed by atoms with Crippen LogP contribution in [0, 0.1) is 6.92 Å². The number of amides is 1. The van der Waals surface area contributed by atoms with Gasteiger partial charge in [0.05, 0.1) is 13.7 Å². The van der Waals surface area contributed by atoms with Crippen molar-refractivity contribution in [3.05, 3.63) is 59.7 Å². The van der Waals surface area contributed by atoms with Gasteiger partial charge in [0.2, 0.25) is 15.9 Å². The number of benzene rings is 2. The van der Waals surface area contributed by atoms with E-state index in [1.54, 1.807) is 19.1 Å². The molecule has 0 unspecified atom stereocenters. The lowest BCUT2D eigenvalue weighted by atomic mass is 10.2. The van der Waals surface area contributed by atoms with Crippen molar-refractivity contribution in [2.75, 3.05) is 20.7 Å². The second-order valence-corrected chi connectivity index (χ2v) is 7.69. The lowest BCUT2D eigenvalue weighted by Gasteiger charge is -2.19. The van der Waals surface area contributed by atoms with Crippen molar-refractivity contribution in [3.8, 4) is 5.75 Å². The largest absolute Gasteiger partial charge is 0.495 e. The van der Waals surface area contributed by atoms with Gasteiger partial charge in [-0.1, -0.05) is 36.4 Å². The summed E-state index contributed by atoms with van der Waals surface area (Å²) in [6, 6.07) is 14.3. The Morgan fingerprint density at radius 3 is 2.48 bits per heavy atom. The van der Waals surface area contributed by atoms with Crippen molar-refractivity contribution >= 4 is 15.9 Å². The zero-order valence-electron chi connectivity index (χ0n) is 14.5. The first-order valence-electron chi connectivity index (χ1n) is 7.76. The number of ether oxygens (including phenoxy) is 1. The summed E-state index contributed by atoms with van der Waals surface area (Å²) in [5.41, 5.74) is 1.74. The minimum Gasteiger partial charge on any atom is -0.495 e. The van der Waals surface area contributed by atoms with Crippen LogP contribution in [0.15, 0.2) is 53.4 Å². The van der Waals surface area contributed by atoms with Crippen molar-refractivity contribution in [3.63, 3.8) is 0 Å². The second-order valence-electron chi connectivity index (χ2n) is 5.68. The molecule has 0 aliphatic rings. The molecule has 0 aromatic heterocycles. The van der Waals surface area contributed by atoms with Gasteiger partial charge in [-0.15, -0.1) is 0 Å². The molecule has 6 nitrogen and oxygen atoms in total. The number of likely N-dealkylation sites (N-methyl/N-ethyl adjacent to an activating group) is 1. The van der Waals surface area contributed by atoms with E-state index in [2.05, 4.69) is 5.32 Å². The predicted molar refractivity (Wildman–Crippen MR) is 95.8 cm³/mol. The maximum atomic E-state index is 12.7. The zero-order valence-corrected chi connectivity index (χ0v) is 15.3. The Bertz CT molecular complexity index is 835. The number of hydrogen-bond acceptors (Lipinski definition) is 4. The van der Waals surface area contributed by atoms with Crippen molar-refractivity contribution in [1.82, 2.24) is 9.62 Å². The van der Waals surface area contributed by atoms with Crippen LogP contribution in [0.2, 0.25) is 0 Å². The van der Waals surface area contributed by atoms with Crippen LogP contribution in [-0.2, 0) is 21.4 Å². The maximum absolute atomic E-state index is 12.7. The van der Waals surface area contributed by atoms with E-state index in [0.717, 1.165) is 15.4 Å². The van der Waals surface area contributed by atoms with Gasteiger partial charge in [-0.2, -0.15) is 4.31 Å². The Labute approximate surface area is 148 Å². The molecule has 0 aliphatic carbocycles. The van der Waals surface area contributed by atoms with Gasteiger partial charge in [0.25, 0.3) is 0 Å². The topological polar surface area (TPSA) is 75.7 Å². The summed E-state index contributed by atoms with van der Waals surface area (Å²) in [4.78, 5) is 12.1. The highest BCUT2D eigenvalue weighted by Crippen LogP contribution is 2.27. The van der Waals surface area contributed by atoms with Crippen molar-refractivity contribution < 1.29 is 17.9 Å². The molecule has 0 spiro atoms. The van der Waals surface area contributed by atoms with E-state index in [-0.39, 0.29) is 23.1 Å². The van der Waals surface area contributed by atoms with Crippen LogP contribution < -0.4 is 10.1 Å². The predicted octanol–water partition coefficient (Wildman–Crippen LogP) is 1.94. The lowest BCUT2D eigenvalue weighted by Crippen LogP contribution is -2.38. The Morgan fingerprint density at radius 1 is 1.16 bits per heavy atom. The third-order valence-electron chi connectivity index (χ3n) is 3.71. The van der Waals surface area contributed by atoms with Crippen LogP contribution in [0.1, 0.15) is 11.1 Å². The highest BCUT2D eigenvalue weighted by Gasteiger charge is 2.26. The molecule has 0 heterocycles. The molecular weight excluding hydrogens is 340 g/mol. The normalized spacial score (nSPS) is 11.4. The van der Waals surface area contributed by atoms with Crippen molar-refractivity contribution in [2.24, 2.45) is 0 Å². The number of carbonyl (C=O) groups is 1. The monoisotopic (exact) mass is 362 g/mol. The number of aryl methyl sites for hydroxylation is 1. The van der Waals surface area contributed by atoms with Crippen LogP contribution in [0.3, 0.4) is 0 Å². The van der Waals surface area contributed by atoms with Gasteiger partial charge in [-0.05, 0) is 30.2 Å². The summed E-state index contributed by atoms with van der Waals surface area (Å²) in [6.07, 6.45) is 0. The first-order chi connectivity index (χ1) is 11.8. The Balaban J connectivity index is 2.07. The highest BCUT2D eigenvalue weighted by molar-refractivity contribution is 7.89. The number of nitrogens with zero attached hydrogens (tertiary/aromatic N) is 1. The average molecular weight is 362 g/mol. The Morgan fingerprint density at radius 2 is 1.84 bits per heavy atom. The molecule has 2 rings (SSSR count). The van der Waals surface area contributed by atoms with E-state index in [9.17, 15) is 13.2 Å². The minimum atomic E-state index is -3.83. The molecule has 0 bridgehead atoms. The van der Waals surface area contributed by atoms with E-state index in [4.69, 9.17) is 4.74 Å². The number of hydrogen-bond donors (Lipinski definition) is 1. The molecule has 1 N–H and O–H groups in total. The van der Waals surface area contributed by atoms with E-state index in [1.807, 2.05) is 30.3 Å². The van der Waals surface area contributed by atoms with Crippen LogP contribution in [0.5, 0.6) is 5.75 Å². The lowest BCUT2D eigenvalue weighted by molar-refractivity contribution is -0.121. The molecule has 25 heavy (non-hydrogen) atoms. The van der Waals surface area contributed by atoms with Gasteiger partial charge in [-0.25, -0.2) is 8.42 Å². The fourth-order valence-electron chi connectivity index (χ4n) is 2.29. The number of sulfonamides is 1. The molecule has 0 saturated carbocycles. The fourth-order valence-corrected chi connectivity index (χ4v) is 3.66. The third-order valence-corrected chi connectivity index (χ3v) is 5.53. The number of nitrogens with one attached hydrogen (secondary N) is 1. The summed E-state index contributed by atoms with van der Waals surface area (Å²) >= 11 is 0. The van der Waals surface area contributed by atoms with Crippen LogP contribution in [0.25, 0.3) is 0 Å². The van der Waals surface area contributed by atoms with Gasteiger partial charge in [0.15, 0.2) is 0 Å². The molecule has 0 radical (unpaired) electrons. The summed E-state index contributed by atoms with van der Waals surface area (Å²) in [5.74, 6) is -0.122. The molecule has 2 aromatic carbocycles. The molecule has 2 aromatic rings. The van der Waals surface area contributed by atoms with Gasteiger partial charge in [0.1, 0.15) is 10.6 Å². The standard InChI is InChI=1S/C18H22N2O4S/c1-14-9-10-16(24-3)17(11-14)25(22,23)20(2)13-18(21)19-12-15-7-5-4-6-8-15/h4-11H,12-13H2,1-3H3,(H,19,21). The molecule has 1 amide bonds. The summed E-state index contributed by atoms with van der Waals surface area (Å²) in [5, 5.41) is 2.72. The quantitative estimate of drug-likeness (QED) is 0.817. The molecule has 0 atom stereocenters. The van der Waals surface area contributed by atoms with Gasteiger partial charge >= 0.3 is 0 Å². The fraction of sp³-hybridized carbons (Fsp3) is 0.278. The van der Waals surface area contributed by atoms with Crippen LogP contribution in [-0.4, -0.2) is 39.3 Å². The average Bonchev–Trinajstić information content (AvgIpc) is 2.60. The summed E-state index contributed by atoms with van der Waals surface area (Å²) in [6.45, 7) is 1.87. The van der Waals surface area contributed by atoms with Crippen LogP contribution >= 0.6 is 0 Å². The number of methoxy groups -OCH3 is 1. The van der Waals surface area contributed by atoms with Crippen molar-refractivity contribution in [2.45, 2.75) is 18.4 Å². The third kappa shape index (κ3) is 4.80. The number of carbonyl (C=O) groups excluding carboxylic acids is 1. The zero-order chi connectivity index (χ0) is 18.4. The highest BCUT2D eigenvalue weighted by atomic mass is 32.2. The molecule has 7 heteroatoms. The maximum Gasteiger partial charge on any atom is 0.246 e. The van der Waals surface area contributed by atoms with Crippen LogP contribution in [0.4, 0.5) is 0 Å².